The van der Waals surface area contributed by atoms with Crippen LogP contribution in [0.4, 0.5) is 0 Å². The fraction of sp³-hybridized carbons (Fsp3) is 0.357. The van der Waals surface area contributed by atoms with Crippen LogP contribution >= 0.6 is 12.2 Å². The Labute approximate surface area is 123 Å². The van der Waals surface area contributed by atoms with E-state index >= 15 is 0 Å². The van der Waals surface area contributed by atoms with Crippen LogP contribution in [0.2, 0.25) is 0 Å². The lowest BCUT2D eigenvalue weighted by atomic mass is 10.1. The molecule has 106 valence electrons. The van der Waals surface area contributed by atoms with E-state index in [0.29, 0.717) is 18.1 Å². The van der Waals surface area contributed by atoms with Crippen molar-refractivity contribution in [3.05, 3.63) is 35.4 Å². The normalized spacial score (nSPS) is 18.6. The van der Waals surface area contributed by atoms with E-state index in [4.69, 9.17) is 18.0 Å². The second-order valence-corrected chi connectivity index (χ2v) is 5.23. The Hall–Kier alpha value is -1.95. The van der Waals surface area contributed by atoms with Gasteiger partial charge in [-0.1, -0.05) is 36.5 Å². The fourth-order valence-electron chi connectivity index (χ4n) is 2.19. The number of carbonyl (C=O) groups excluding carboxylic acids is 2. The third-order valence-corrected chi connectivity index (χ3v) is 3.65. The molecule has 1 heterocycles. The van der Waals surface area contributed by atoms with Crippen molar-refractivity contribution in [1.82, 2.24) is 10.2 Å². The number of thiocarbonyl (C=S) groups is 1. The number of amides is 2. The molecule has 0 saturated carbocycles. The largest absolute Gasteiger partial charge is 0.389 e. The van der Waals surface area contributed by atoms with E-state index < -0.39 is 6.04 Å². The molecule has 1 fully saturated rings. The average molecular weight is 291 g/mol. The maximum absolute atomic E-state index is 12.2. The van der Waals surface area contributed by atoms with E-state index in [9.17, 15) is 9.59 Å². The molecule has 0 aromatic heterocycles. The van der Waals surface area contributed by atoms with E-state index in [1.165, 1.54) is 0 Å². The molecule has 1 aliphatic rings. The highest BCUT2D eigenvalue weighted by atomic mass is 32.1. The number of rotatable bonds is 3. The van der Waals surface area contributed by atoms with Crippen LogP contribution in [0.25, 0.3) is 0 Å². The third kappa shape index (κ3) is 3.14. The maximum Gasteiger partial charge on any atom is 0.242 e. The minimum Gasteiger partial charge on any atom is -0.389 e. The van der Waals surface area contributed by atoms with Gasteiger partial charge in [0.2, 0.25) is 11.8 Å². The predicted molar refractivity (Wildman–Crippen MR) is 80.2 cm³/mol. The molecule has 2 amide bonds. The van der Waals surface area contributed by atoms with Crippen molar-refractivity contribution >= 4 is 29.0 Å². The van der Waals surface area contributed by atoms with Crippen LogP contribution < -0.4 is 11.1 Å². The van der Waals surface area contributed by atoms with Crippen LogP contribution in [-0.4, -0.2) is 40.8 Å². The van der Waals surface area contributed by atoms with Crippen LogP contribution in [0.15, 0.2) is 24.3 Å². The van der Waals surface area contributed by atoms with Crippen molar-refractivity contribution in [1.29, 1.82) is 0 Å². The zero-order valence-corrected chi connectivity index (χ0v) is 12.1. The van der Waals surface area contributed by atoms with Gasteiger partial charge in [0.1, 0.15) is 11.0 Å². The van der Waals surface area contributed by atoms with E-state index in [2.05, 4.69) is 5.32 Å². The van der Waals surface area contributed by atoms with Crippen molar-refractivity contribution in [2.45, 2.75) is 19.4 Å². The first kappa shape index (κ1) is 14.5. The van der Waals surface area contributed by atoms with Crippen molar-refractivity contribution < 1.29 is 9.59 Å². The van der Waals surface area contributed by atoms with E-state index in [-0.39, 0.29) is 18.2 Å². The van der Waals surface area contributed by atoms with Gasteiger partial charge in [-0.05, 0) is 12.5 Å². The summed E-state index contributed by atoms with van der Waals surface area (Å²) in [6.45, 7) is 2.80. The molecule has 3 N–H and O–H groups in total. The van der Waals surface area contributed by atoms with Crippen molar-refractivity contribution in [2.24, 2.45) is 5.73 Å². The minimum absolute atomic E-state index is 0.0459. The van der Waals surface area contributed by atoms with Gasteiger partial charge < -0.3 is 16.0 Å². The molecule has 0 radical (unpaired) electrons. The van der Waals surface area contributed by atoms with E-state index in [1.54, 1.807) is 24.0 Å². The quantitative estimate of drug-likeness (QED) is 0.781. The summed E-state index contributed by atoms with van der Waals surface area (Å²) < 4.78 is 0. The maximum atomic E-state index is 12.2. The van der Waals surface area contributed by atoms with E-state index in [0.717, 1.165) is 11.1 Å². The number of piperazine rings is 1. The first-order valence-corrected chi connectivity index (χ1v) is 6.86. The lowest BCUT2D eigenvalue weighted by molar-refractivity contribution is -0.142. The molecule has 1 atom stereocenters. The monoisotopic (exact) mass is 291 g/mol. The summed E-state index contributed by atoms with van der Waals surface area (Å²) >= 11 is 4.88. The topological polar surface area (TPSA) is 75.4 Å². The van der Waals surface area contributed by atoms with Crippen molar-refractivity contribution in [3.8, 4) is 0 Å². The molecule has 1 aromatic rings. The smallest absolute Gasteiger partial charge is 0.242 e. The van der Waals surface area contributed by atoms with Crippen LogP contribution in [0, 0.1) is 0 Å². The number of nitrogens with one attached hydrogen (secondary N) is 1. The Morgan fingerprint density at radius 3 is 2.70 bits per heavy atom. The fourth-order valence-corrected chi connectivity index (χ4v) is 2.32. The highest BCUT2D eigenvalue weighted by Gasteiger charge is 2.28. The summed E-state index contributed by atoms with van der Waals surface area (Å²) in [7, 11) is 0. The number of nitrogens with two attached hydrogens (primary N) is 1. The van der Waals surface area contributed by atoms with Gasteiger partial charge in [-0.15, -0.1) is 0 Å². The van der Waals surface area contributed by atoms with Gasteiger partial charge in [0.15, 0.2) is 0 Å². The van der Waals surface area contributed by atoms with Gasteiger partial charge in [-0.25, -0.2) is 0 Å². The van der Waals surface area contributed by atoms with Crippen molar-refractivity contribution in [3.63, 3.8) is 0 Å². The molecule has 2 rings (SSSR count). The highest BCUT2D eigenvalue weighted by Crippen LogP contribution is 2.10. The molecule has 0 spiro atoms. The zero-order chi connectivity index (χ0) is 14.7. The van der Waals surface area contributed by atoms with Crippen LogP contribution in [0.1, 0.15) is 18.1 Å². The number of hydrogen-bond acceptors (Lipinski definition) is 3. The van der Waals surface area contributed by atoms with Crippen LogP contribution in [-0.2, 0) is 16.0 Å². The van der Waals surface area contributed by atoms with Gasteiger partial charge in [-0.2, -0.15) is 0 Å². The Morgan fingerprint density at radius 1 is 1.45 bits per heavy atom. The number of nitrogens with zero attached hydrogens (tertiary/aromatic N) is 1. The molecule has 1 saturated heterocycles. The van der Waals surface area contributed by atoms with Gasteiger partial charge in [-0.3, -0.25) is 9.59 Å². The molecule has 0 bridgehead atoms. The second-order valence-electron chi connectivity index (χ2n) is 4.79. The summed E-state index contributed by atoms with van der Waals surface area (Å²) in [5.41, 5.74) is 7.19. The standard InChI is InChI=1S/C14H17N3O2S/c1-9-14(19)16-6-7-17(9)12(18)8-10-2-4-11(5-3-10)13(15)20/h2-5,9H,6-8H2,1H3,(H2,15,20)(H,16,19). The lowest BCUT2D eigenvalue weighted by Crippen LogP contribution is -2.56. The molecule has 1 unspecified atom stereocenters. The molecular formula is C14H17N3O2S. The second kappa shape index (κ2) is 6.00. The first-order chi connectivity index (χ1) is 9.49. The molecule has 20 heavy (non-hydrogen) atoms. The Balaban J connectivity index is 2.03. The minimum atomic E-state index is -0.410. The Bertz CT molecular complexity index is 542. The van der Waals surface area contributed by atoms with Gasteiger partial charge in [0.25, 0.3) is 0 Å². The molecule has 0 aliphatic carbocycles. The highest BCUT2D eigenvalue weighted by molar-refractivity contribution is 7.80. The van der Waals surface area contributed by atoms with Crippen molar-refractivity contribution in [2.75, 3.05) is 13.1 Å². The Kier molecular flexibility index (Phi) is 4.34. The molecule has 6 heteroatoms. The molecule has 1 aromatic carbocycles. The molecule has 1 aliphatic heterocycles. The van der Waals surface area contributed by atoms with Crippen LogP contribution in [0.5, 0.6) is 0 Å². The number of benzene rings is 1. The van der Waals surface area contributed by atoms with Crippen LogP contribution in [0.3, 0.4) is 0 Å². The number of hydrogen-bond donors (Lipinski definition) is 2. The summed E-state index contributed by atoms with van der Waals surface area (Å²) in [4.78, 5) is 25.7. The zero-order valence-electron chi connectivity index (χ0n) is 11.3. The summed E-state index contributed by atoms with van der Waals surface area (Å²) in [5, 5.41) is 2.74. The van der Waals surface area contributed by atoms with Gasteiger partial charge >= 0.3 is 0 Å². The number of carbonyl (C=O) groups is 2. The summed E-state index contributed by atoms with van der Waals surface area (Å²) in [5.74, 6) is -0.149. The summed E-state index contributed by atoms with van der Waals surface area (Å²) in [6, 6.07) is 6.86. The third-order valence-electron chi connectivity index (χ3n) is 3.41. The predicted octanol–water partition coefficient (Wildman–Crippen LogP) is 0.210. The SMILES string of the molecule is CC1C(=O)NCCN1C(=O)Cc1ccc(C(N)=S)cc1. The van der Waals surface area contributed by atoms with E-state index in [1.807, 2.05) is 12.1 Å². The van der Waals surface area contributed by atoms with Gasteiger partial charge in [0, 0.05) is 18.7 Å². The Morgan fingerprint density at radius 2 is 2.10 bits per heavy atom. The summed E-state index contributed by atoms with van der Waals surface area (Å²) in [6.07, 6.45) is 0.273. The molecular weight excluding hydrogens is 274 g/mol. The lowest BCUT2D eigenvalue weighted by Gasteiger charge is -2.32. The average Bonchev–Trinajstić information content (AvgIpc) is 2.42. The first-order valence-electron chi connectivity index (χ1n) is 6.45. The molecule has 5 nitrogen and oxygen atoms in total. The van der Waals surface area contributed by atoms with Gasteiger partial charge in [0.05, 0.1) is 6.42 Å².